The van der Waals surface area contributed by atoms with Crippen molar-refractivity contribution in [1.82, 2.24) is 0 Å². The molecule has 190 valence electrons. The van der Waals surface area contributed by atoms with E-state index in [-0.39, 0.29) is 18.0 Å². The number of benzene rings is 3. The summed E-state index contributed by atoms with van der Waals surface area (Å²) < 4.78 is 5.37. The number of aliphatic hydroxyl groups excluding tert-OH is 1. The number of carbonyl (C=O) groups is 2. The van der Waals surface area contributed by atoms with E-state index in [4.69, 9.17) is 9.73 Å². The highest BCUT2D eigenvalue weighted by Crippen LogP contribution is 2.30. The lowest BCUT2D eigenvalue weighted by molar-refractivity contribution is -0.112. The van der Waals surface area contributed by atoms with Gasteiger partial charge in [-0.05, 0) is 68.3 Å². The molecule has 0 bridgehead atoms. The van der Waals surface area contributed by atoms with Crippen LogP contribution in [0.1, 0.15) is 34.0 Å². The van der Waals surface area contributed by atoms with Gasteiger partial charge in [-0.1, -0.05) is 30.3 Å². The molecule has 0 spiro atoms. The second kappa shape index (κ2) is 11.2. The Balaban J connectivity index is 1.74. The van der Waals surface area contributed by atoms with Crippen LogP contribution in [0.3, 0.4) is 0 Å². The summed E-state index contributed by atoms with van der Waals surface area (Å²) in [5.41, 5.74) is 5.78. The third kappa shape index (κ3) is 5.47. The van der Waals surface area contributed by atoms with E-state index in [9.17, 15) is 14.7 Å². The second-order valence-electron chi connectivity index (χ2n) is 8.86. The zero-order chi connectivity index (χ0) is 26.5. The fourth-order valence-corrected chi connectivity index (χ4v) is 4.38. The average molecular weight is 498 g/mol. The fourth-order valence-electron chi connectivity index (χ4n) is 4.38. The van der Waals surface area contributed by atoms with Crippen LogP contribution in [-0.2, 0) is 4.79 Å². The minimum absolute atomic E-state index is 0.00962. The van der Waals surface area contributed by atoms with Gasteiger partial charge in [0.25, 0.3) is 5.91 Å². The molecule has 7 heteroatoms. The molecular formula is C30H31N3O4. The van der Waals surface area contributed by atoms with Gasteiger partial charge < -0.3 is 20.1 Å². The number of methoxy groups -OCH3 is 1. The van der Waals surface area contributed by atoms with Crippen molar-refractivity contribution in [1.29, 1.82) is 0 Å². The van der Waals surface area contributed by atoms with E-state index in [0.29, 0.717) is 34.8 Å². The van der Waals surface area contributed by atoms with Crippen LogP contribution in [0.2, 0.25) is 0 Å². The summed E-state index contributed by atoms with van der Waals surface area (Å²) in [6.45, 7) is 7.32. The van der Waals surface area contributed by atoms with Crippen molar-refractivity contribution in [3.63, 3.8) is 0 Å². The summed E-state index contributed by atoms with van der Waals surface area (Å²) in [5, 5.41) is 12.2. The van der Waals surface area contributed by atoms with Crippen molar-refractivity contribution in [2.45, 2.75) is 20.8 Å². The molecule has 4 rings (SSSR count). The van der Waals surface area contributed by atoms with Crippen LogP contribution >= 0.6 is 0 Å². The van der Waals surface area contributed by atoms with E-state index in [1.807, 2.05) is 57.2 Å². The molecule has 0 aliphatic heterocycles. The third-order valence-corrected chi connectivity index (χ3v) is 6.36. The molecular weight excluding hydrogens is 466 g/mol. The van der Waals surface area contributed by atoms with Gasteiger partial charge in [0.2, 0.25) is 0 Å². The van der Waals surface area contributed by atoms with Crippen LogP contribution in [0.4, 0.5) is 17.1 Å². The molecule has 1 aliphatic rings. The minimum atomic E-state index is -0.522. The molecule has 3 aromatic rings. The van der Waals surface area contributed by atoms with E-state index in [2.05, 4.69) is 10.2 Å². The lowest BCUT2D eigenvalue weighted by atomic mass is 9.88. The summed E-state index contributed by atoms with van der Waals surface area (Å²) in [7, 11) is 1.53. The normalized spacial score (nSPS) is 13.7. The number of ketones is 1. The van der Waals surface area contributed by atoms with Crippen molar-refractivity contribution in [3.05, 3.63) is 94.6 Å². The number of fused-ring (bicyclic) bond motifs is 1. The number of nitrogens with one attached hydrogen (secondary N) is 1. The SMILES string of the molecule is CCN(CCO)c1ccc(N=C2C=C(C(=O)Nc3cc(C)ccc3OC)C(=O)c3ccccc32)c(C)c1. The van der Waals surface area contributed by atoms with Crippen molar-refractivity contribution in [2.24, 2.45) is 4.99 Å². The number of aliphatic hydroxyl groups is 1. The molecule has 0 heterocycles. The quantitative estimate of drug-likeness (QED) is 0.427. The van der Waals surface area contributed by atoms with Gasteiger partial charge >= 0.3 is 0 Å². The van der Waals surface area contributed by atoms with Gasteiger partial charge in [-0.15, -0.1) is 0 Å². The summed E-state index contributed by atoms with van der Waals surface area (Å²) in [6.07, 6.45) is 1.56. The van der Waals surface area contributed by atoms with Gasteiger partial charge in [0.15, 0.2) is 5.78 Å². The first kappa shape index (κ1) is 25.9. The van der Waals surface area contributed by atoms with Crippen molar-refractivity contribution in [3.8, 4) is 5.75 Å². The Hall–Kier alpha value is -4.23. The molecule has 1 aliphatic carbocycles. The lowest BCUT2D eigenvalue weighted by Crippen LogP contribution is -2.27. The van der Waals surface area contributed by atoms with Gasteiger partial charge in [-0.3, -0.25) is 9.59 Å². The lowest BCUT2D eigenvalue weighted by Gasteiger charge is -2.23. The first-order valence-corrected chi connectivity index (χ1v) is 12.2. The van der Waals surface area contributed by atoms with Crippen molar-refractivity contribution >= 4 is 34.5 Å². The first-order valence-electron chi connectivity index (χ1n) is 12.2. The molecule has 0 unspecified atom stereocenters. The van der Waals surface area contributed by atoms with Crippen LogP contribution in [0.5, 0.6) is 5.75 Å². The highest BCUT2D eigenvalue weighted by Gasteiger charge is 2.29. The maximum atomic E-state index is 13.3. The number of hydrogen-bond acceptors (Lipinski definition) is 6. The first-order chi connectivity index (χ1) is 17.9. The van der Waals surface area contributed by atoms with Gasteiger partial charge in [0, 0.05) is 29.9 Å². The van der Waals surface area contributed by atoms with E-state index >= 15 is 0 Å². The largest absolute Gasteiger partial charge is 0.495 e. The van der Waals surface area contributed by atoms with Gasteiger partial charge in [-0.25, -0.2) is 4.99 Å². The van der Waals surface area contributed by atoms with Gasteiger partial charge in [0.05, 0.1) is 36.4 Å². The molecule has 3 aromatic carbocycles. The number of rotatable bonds is 8. The Morgan fingerprint density at radius 1 is 1.05 bits per heavy atom. The maximum absolute atomic E-state index is 13.3. The number of hydrogen-bond donors (Lipinski definition) is 2. The number of aliphatic imine (C=N–C) groups is 1. The molecule has 7 nitrogen and oxygen atoms in total. The average Bonchev–Trinajstić information content (AvgIpc) is 2.90. The Labute approximate surface area is 217 Å². The smallest absolute Gasteiger partial charge is 0.259 e. The molecule has 0 saturated heterocycles. The molecule has 0 atom stereocenters. The number of amides is 1. The number of ether oxygens (including phenoxy) is 1. The maximum Gasteiger partial charge on any atom is 0.259 e. The summed E-state index contributed by atoms with van der Waals surface area (Å²) in [4.78, 5) is 33.6. The van der Waals surface area contributed by atoms with E-state index in [1.165, 1.54) is 7.11 Å². The second-order valence-corrected chi connectivity index (χ2v) is 8.86. The van der Waals surface area contributed by atoms with Gasteiger partial charge in [-0.2, -0.15) is 0 Å². The minimum Gasteiger partial charge on any atom is -0.495 e. The summed E-state index contributed by atoms with van der Waals surface area (Å²) in [6, 6.07) is 18.6. The van der Waals surface area contributed by atoms with Crippen LogP contribution in [0.15, 0.2) is 77.3 Å². The number of Topliss-reactive ketones (excluding diaryl/α,β-unsaturated/α-hetero) is 1. The number of likely N-dealkylation sites (N-methyl/N-ethyl adjacent to an activating group) is 1. The molecule has 37 heavy (non-hydrogen) atoms. The zero-order valence-electron chi connectivity index (χ0n) is 21.5. The van der Waals surface area contributed by atoms with E-state index in [0.717, 1.165) is 29.0 Å². The number of aryl methyl sites for hydroxylation is 2. The number of nitrogens with zero attached hydrogens (tertiary/aromatic N) is 2. The molecule has 0 radical (unpaired) electrons. The summed E-state index contributed by atoms with van der Waals surface area (Å²) in [5.74, 6) is -0.366. The fraction of sp³-hybridized carbons (Fsp3) is 0.233. The Morgan fingerprint density at radius 2 is 1.81 bits per heavy atom. The summed E-state index contributed by atoms with van der Waals surface area (Å²) >= 11 is 0. The Morgan fingerprint density at radius 3 is 2.49 bits per heavy atom. The van der Waals surface area contributed by atoms with E-state index in [1.54, 1.807) is 30.3 Å². The standard InChI is InChI=1S/C30H31N3O4/c1-5-33(14-15-34)21-11-12-25(20(3)17-21)31-26-18-24(29(35)23-9-7-6-8-22(23)26)30(36)32-27-16-19(2)10-13-28(27)37-4/h6-13,16-18,34H,5,14-15H2,1-4H3,(H,32,36). The van der Waals surface area contributed by atoms with Crippen LogP contribution in [0, 0.1) is 13.8 Å². The monoisotopic (exact) mass is 497 g/mol. The zero-order valence-corrected chi connectivity index (χ0v) is 21.5. The molecule has 2 N–H and O–H groups in total. The van der Waals surface area contributed by atoms with E-state index < -0.39 is 5.91 Å². The highest BCUT2D eigenvalue weighted by molar-refractivity contribution is 6.37. The van der Waals surface area contributed by atoms with Crippen LogP contribution < -0.4 is 15.0 Å². The number of allylic oxidation sites excluding steroid dienone is 1. The van der Waals surface area contributed by atoms with Crippen molar-refractivity contribution < 1.29 is 19.4 Å². The molecule has 0 saturated carbocycles. The number of carbonyl (C=O) groups excluding carboxylic acids is 2. The number of anilines is 2. The Bertz CT molecular complexity index is 1410. The molecule has 0 fully saturated rings. The molecule has 1 amide bonds. The predicted octanol–water partition coefficient (Wildman–Crippen LogP) is 5.01. The topological polar surface area (TPSA) is 91.2 Å². The van der Waals surface area contributed by atoms with Crippen LogP contribution in [-0.4, -0.2) is 49.3 Å². The van der Waals surface area contributed by atoms with Gasteiger partial charge in [0.1, 0.15) is 5.75 Å². The molecule has 0 aromatic heterocycles. The van der Waals surface area contributed by atoms with Crippen LogP contribution in [0.25, 0.3) is 0 Å². The highest BCUT2D eigenvalue weighted by atomic mass is 16.5. The predicted molar refractivity (Wildman–Crippen MR) is 148 cm³/mol. The third-order valence-electron chi connectivity index (χ3n) is 6.36. The Kier molecular flexibility index (Phi) is 7.84. The van der Waals surface area contributed by atoms with Crippen molar-refractivity contribution in [2.75, 3.05) is 37.0 Å².